The van der Waals surface area contributed by atoms with Crippen LogP contribution in [0, 0.1) is 0 Å². The van der Waals surface area contributed by atoms with Crippen molar-refractivity contribution < 1.29 is 0 Å². The van der Waals surface area contributed by atoms with Crippen molar-refractivity contribution in [3.05, 3.63) is 0 Å². The normalized spacial score (nSPS) is 27.8. The van der Waals surface area contributed by atoms with Crippen LogP contribution in [0.5, 0.6) is 0 Å². The second kappa shape index (κ2) is 2.59. The summed E-state index contributed by atoms with van der Waals surface area (Å²) in [5.41, 5.74) is 0. The van der Waals surface area contributed by atoms with Gasteiger partial charge in [0.2, 0.25) is 0 Å². The van der Waals surface area contributed by atoms with Gasteiger partial charge >= 0.3 is 56.4 Å². The number of hydrogen-bond acceptors (Lipinski definition) is 0. The molecular formula is C7H16Sn. The molecule has 0 spiro atoms. The summed E-state index contributed by atoms with van der Waals surface area (Å²) in [7, 11) is 0. The SMILES string of the molecule is [CH3][Sn]1([CH3])[CH2]CCC[CH2]1. The Labute approximate surface area is 56.5 Å². The Kier molecular flexibility index (Phi) is 2.24. The summed E-state index contributed by atoms with van der Waals surface area (Å²) in [6.07, 6.45) is 4.65. The van der Waals surface area contributed by atoms with Crippen molar-refractivity contribution in [2.75, 3.05) is 0 Å². The van der Waals surface area contributed by atoms with Gasteiger partial charge in [0.1, 0.15) is 0 Å². The standard InChI is InChI=1S/C5H10.2CH3.Sn/c1-3-5-4-2;;;/h1-5H2;2*1H3;. The molecule has 0 aromatic heterocycles. The van der Waals surface area contributed by atoms with E-state index in [2.05, 4.69) is 9.88 Å². The van der Waals surface area contributed by atoms with Crippen molar-refractivity contribution in [1.82, 2.24) is 0 Å². The van der Waals surface area contributed by atoms with Gasteiger partial charge in [0.15, 0.2) is 0 Å². The molecule has 0 N–H and O–H groups in total. The van der Waals surface area contributed by atoms with E-state index < -0.39 is 18.4 Å². The van der Waals surface area contributed by atoms with Crippen molar-refractivity contribution in [3.8, 4) is 0 Å². The van der Waals surface area contributed by atoms with E-state index in [-0.39, 0.29) is 0 Å². The summed E-state index contributed by atoms with van der Waals surface area (Å²) in [6.45, 7) is 0. The second-order valence-corrected chi connectivity index (χ2v) is 18.9. The zero-order valence-electron chi connectivity index (χ0n) is 6.04. The van der Waals surface area contributed by atoms with Gasteiger partial charge in [0, 0.05) is 0 Å². The molecule has 1 fully saturated rings. The molecule has 0 aliphatic carbocycles. The number of rotatable bonds is 0. The summed E-state index contributed by atoms with van der Waals surface area (Å²) in [5, 5.41) is 0. The van der Waals surface area contributed by atoms with Crippen LogP contribution in [-0.2, 0) is 0 Å². The van der Waals surface area contributed by atoms with Crippen LogP contribution in [0.2, 0.25) is 18.8 Å². The van der Waals surface area contributed by atoms with Crippen LogP contribution < -0.4 is 0 Å². The molecule has 0 atom stereocenters. The zero-order chi connectivity index (χ0) is 6.04. The van der Waals surface area contributed by atoms with Crippen LogP contribution in [-0.4, -0.2) is 18.4 Å². The van der Waals surface area contributed by atoms with E-state index >= 15 is 0 Å². The predicted octanol–water partition coefficient (Wildman–Crippen LogP) is 2.88. The molecule has 0 nitrogen and oxygen atoms in total. The monoisotopic (exact) mass is 220 g/mol. The molecule has 0 bridgehead atoms. The first-order valence-electron chi connectivity index (χ1n) is 3.71. The van der Waals surface area contributed by atoms with Crippen LogP contribution in [0.25, 0.3) is 0 Å². The molecule has 0 amide bonds. The van der Waals surface area contributed by atoms with Crippen LogP contribution in [0.1, 0.15) is 19.3 Å². The van der Waals surface area contributed by atoms with Crippen molar-refractivity contribution in [2.45, 2.75) is 38.0 Å². The molecule has 0 radical (unpaired) electrons. The molecule has 48 valence electrons. The predicted molar refractivity (Wildman–Crippen MR) is 40.9 cm³/mol. The Hall–Kier alpha value is 0.799. The Morgan fingerprint density at radius 3 is 1.62 bits per heavy atom. The van der Waals surface area contributed by atoms with Crippen molar-refractivity contribution >= 4 is 18.4 Å². The van der Waals surface area contributed by atoms with Gasteiger partial charge in [-0.2, -0.15) is 0 Å². The Balaban J connectivity index is 2.33. The first-order valence-corrected chi connectivity index (χ1v) is 13.5. The van der Waals surface area contributed by atoms with Gasteiger partial charge in [0.25, 0.3) is 0 Å². The molecular weight excluding hydrogens is 203 g/mol. The molecule has 0 unspecified atom stereocenters. The molecule has 0 saturated carbocycles. The molecule has 1 heterocycles. The first kappa shape index (κ1) is 6.91. The van der Waals surface area contributed by atoms with E-state index in [1.165, 1.54) is 6.42 Å². The van der Waals surface area contributed by atoms with E-state index in [1.54, 1.807) is 21.7 Å². The molecule has 1 aliphatic heterocycles. The summed E-state index contributed by atoms with van der Waals surface area (Å²) < 4.78 is 3.32. The summed E-state index contributed by atoms with van der Waals surface area (Å²) in [6, 6.07) is 0. The third-order valence-corrected chi connectivity index (χ3v) is 12.0. The Morgan fingerprint density at radius 1 is 0.875 bits per heavy atom. The third kappa shape index (κ3) is 1.96. The van der Waals surface area contributed by atoms with Gasteiger partial charge in [-0.3, -0.25) is 0 Å². The fourth-order valence-corrected chi connectivity index (χ4v) is 9.11. The van der Waals surface area contributed by atoms with Gasteiger partial charge in [-0.1, -0.05) is 0 Å². The van der Waals surface area contributed by atoms with E-state index in [1.807, 2.05) is 0 Å². The zero-order valence-corrected chi connectivity index (χ0v) is 8.89. The molecule has 1 aliphatic rings. The maximum atomic E-state index is 2.59. The average Bonchev–Trinajstić information content (AvgIpc) is 1.65. The van der Waals surface area contributed by atoms with Gasteiger partial charge in [-0.15, -0.1) is 0 Å². The van der Waals surface area contributed by atoms with E-state index in [0.29, 0.717) is 0 Å². The number of hydrogen-bond donors (Lipinski definition) is 0. The van der Waals surface area contributed by atoms with E-state index in [9.17, 15) is 0 Å². The fraction of sp³-hybridized carbons (Fsp3) is 1.00. The van der Waals surface area contributed by atoms with Crippen molar-refractivity contribution in [2.24, 2.45) is 0 Å². The fourth-order valence-electron chi connectivity index (χ4n) is 1.51. The van der Waals surface area contributed by atoms with Crippen LogP contribution in [0.15, 0.2) is 0 Å². The first-order chi connectivity index (χ1) is 3.71. The maximum absolute atomic E-state index is 2.59. The quantitative estimate of drug-likeness (QED) is 0.549. The minimum absolute atomic E-state index is 1.24. The summed E-state index contributed by atoms with van der Waals surface area (Å²) in [4.78, 5) is 5.18. The average molecular weight is 219 g/mol. The van der Waals surface area contributed by atoms with E-state index in [4.69, 9.17) is 0 Å². The topological polar surface area (TPSA) is 0 Å². The Morgan fingerprint density at radius 2 is 1.38 bits per heavy atom. The van der Waals surface area contributed by atoms with E-state index in [0.717, 1.165) is 0 Å². The van der Waals surface area contributed by atoms with Gasteiger partial charge in [0.05, 0.1) is 0 Å². The molecule has 1 heteroatoms. The molecule has 8 heavy (non-hydrogen) atoms. The molecule has 0 aromatic carbocycles. The van der Waals surface area contributed by atoms with Gasteiger partial charge < -0.3 is 0 Å². The van der Waals surface area contributed by atoms with Gasteiger partial charge in [-0.05, 0) is 0 Å². The van der Waals surface area contributed by atoms with Crippen LogP contribution in [0.3, 0.4) is 0 Å². The van der Waals surface area contributed by atoms with Crippen molar-refractivity contribution in [1.29, 1.82) is 0 Å². The van der Waals surface area contributed by atoms with Gasteiger partial charge in [-0.25, -0.2) is 0 Å². The molecule has 0 aromatic rings. The molecule has 1 rings (SSSR count). The van der Waals surface area contributed by atoms with Crippen LogP contribution in [0.4, 0.5) is 0 Å². The van der Waals surface area contributed by atoms with Crippen molar-refractivity contribution in [3.63, 3.8) is 0 Å². The third-order valence-electron chi connectivity index (χ3n) is 2.21. The molecule has 1 saturated heterocycles. The minimum atomic E-state index is -1.24. The summed E-state index contributed by atoms with van der Waals surface area (Å²) >= 11 is -1.24. The Bertz CT molecular complexity index is 68.5. The van der Waals surface area contributed by atoms with Crippen LogP contribution >= 0.6 is 0 Å². The summed E-state index contributed by atoms with van der Waals surface area (Å²) in [5.74, 6) is 0. The second-order valence-electron chi connectivity index (χ2n) is 3.72.